The van der Waals surface area contributed by atoms with Crippen LogP contribution in [-0.2, 0) is 12.4 Å². The number of nitrogens with one attached hydrogen (secondary N) is 1. The minimum Gasteiger partial charge on any atom is -0.338 e. The third-order valence-corrected chi connectivity index (χ3v) is 5.76. The standard InChI is InChI=1S/C21H18ClF7N2O.ClH/c1-31(18-4-5-30-10-15(18)11-2-3-17(23)16(22)8-11)19(32)12-6-13(20(24,25)26)9-14(7-12)21(27,28)29;/h2-3,6-9,15,18,30H,4-5,10H2,1H3;1H/t15-,18+;/m0./s1. The lowest BCUT2D eigenvalue weighted by atomic mass is 9.85. The Morgan fingerprint density at radius 3 is 2.12 bits per heavy atom. The predicted octanol–water partition coefficient (Wildman–Crippen LogP) is 6.16. The molecule has 0 saturated carbocycles. The molecule has 3 rings (SSSR count). The van der Waals surface area contributed by atoms with E-state index in [1.54, 1.807) is 0 Å². The molecule has 33 heavy (non-hydrogen) atoms. The second-order valence-corrected chi connectivity index (χ2v) is 7.96. The maximum absolute atomic E-state index is 13.5. The fourth-order valence-corrected chi connectivity index (χ4v) is 4.01. The van der Waals surface area contributed by atoms with Gasteiger partial charge in [-0.3, -0.25) is 4.79 Å². The topological polar surface area (TPSA) is 32.3 Å². The van der Waals surface area contributed by atoms with Gasteiger partial charge >= 0.3 is 12.4 Å². The third kappa shape index (κ3) is 6.10. The summed E-state index contributed by atoms with van der Waals surface area (Å²) in [5, 5.41) is 2.99. The van der Waals surface area contributed by atoms with Crippen LogP contribution in [0.25, 0.3) is 0 Å². The predicted molar refractivity (Wildman–Crippen MR) is 111 cm³/mol. The van der Waals surface area contributed by atoms with E-state index in [9.17, 15) is 35.5 Å². The Kier molecular flexibility index (Phi) is 8.30. The van der Waals surface area contributed by atoms with Crippen LogP contribution < -0.4 is 5.32 Å². The number of carbonyl (C=O) groups is 1. The van der Waals surface area contributed by atoms with E-state index in [0.29, 0.717) is 37.2 Å². The lowest BCUT2D eigenvalue weighted by Crippen LogP contribution is -2.49. The Morgan fingerprint density at radius 2 is 1.61 bits per heavy atom. The van der Waals surface area contributed by atoms with Gasteiger partial charge in [0.2, 0.25) is 0 Å². The first-order valence-electron chi connectivity index (χ1n) is 9.51. The molecule has 0 unspecified atom stereocenters. The quantitative estimate of drug-likeness (QED) is 0.494. The van der Waals surface area contributed by atoms with Crippen LogP contribution >= 0.6 is 24.0 Å². The van der Waals surface area contributed by atoms with Gasteiger partial charge in [0.05, 0.1) is 16.1 Å². The van der Waals surface area contributed by atoms with Crippen LogP contribution in [-0.4, -0.2) is 37.0 Å². The Balaban J connectivity index is 0.00000385. The Labute approximate surface area is 196 Å². The Hall–Kier alpha value is -2.04. The van der Waals surface area contributed by atoms with Gasteiger partial charge in [-0.1, -0.05) is 17.7 Å². The first-order valence-corrected chi connectivity index (χ1v) is 9.89. The van der Waals surface area contributed by atoms with Crippen molar-refractivity contribution in [2.45, 2.75) is 30.7 Å². The van der Waals surface area contributed by atoms with Gasteiger partial charge < -0.3 is 10.2 Å². The summed E-state index contributed by atoms with van der Waals surface area (Å²) in [5.74, 6) is -2.01. The van der Waals surface area contributed by atoms with Gasteiger partial charge in [-0.25, -0.2) is 4.39 Å². The molecule has 1 N–H and O–H groups in total. The number of likely N-dealkylation sites (N-methyl/N-ethyl adjacent to an activating group) is 1. The number of hydrogen-bond acceptors (Lipinski definition) is 2. The fourth-order valence-electron chi connectivity index (χ4n) is 3.82. The van der Waals surface area contributed by atoms with Gasteiger partial charge in [0.1, 0.15) is 5.82 Å². The summed E-state index contributed by atoms with van der Waals surface area (Å²) in [7, 11) is 1.32. The van der Waals surface area contributed by atoms with Crippen LogP contribution in [0.15, 0.2) is 36.4 Å². The van der Waals surface area contributed by atoms with Crippen LogP contribution in [0.3, 0.4) is 0 Å². The number of piperidine rings is 1. The molecule has 2 aromatic rings. The number of hydrogen-bond donors (Lipinski definition) is 1. The molecule has 2 aromatic carbocycles. The number of nitrogens with zero attached hydrogens (tertiary/aromatic N) is 1. The van der Waals surface area contributed by atoms with E-state index in [2.05, 4.69) is 5.32 Å². The number of halogens is 9. The van der Waals surface area contributed by atoms with E-state index < -0.39 is 52.7 Å². The Bertz CT molecular complexity index is 979. The average molecular weight is 519 g/mol. The maximum Gasteiger partial charge on any atom is 0.416 e. The van der Waals surface area contributed by atoms with Crippen molar-refractivity contribution < 1.29 is 35.5 Å². The first-order chi connectivity index (χ1) is 14.8. The van der Waals surface area contributed by atoms with E-state index in [-0.39, 0.29) is 23.5 Å². The van der Waals surface area contributed by atoms with Crippen molar-refractivity contribution in [1.82, 2.24) is 10.2 Å². The highest BCUT2D eigenvalue weighted by atomic mass is 35.5. The normalized spacial score (nSPS) is 19.1. The van der Waals surface area contributed by atoms with Crippen molar-refractivity contribution in [2.75, 3.05) is 20.1 Å². The van der Waals surface area contributed by atoms with Gasteiger partial charge in [-0.15, -0.1) is 12.4 Å². The summed E-state index contributed by atoms with van der Waals surface area (Å²) in [5.41, 5.74) is -3.25. The van der Waals surface area contributed by atoms with E-state index in [4.69, 9.17) is 11.6 Å². The van der Waals surface area contributed by atoms with Crippen LogP contribution in [0, 0.1) is 5.82 Å². The molecule has 3 nitrogen and oxygen atoms in total. The molecule has 1 fully saturated rings. The van der Waals surface area contributed by atoms with Gasteiger partial charge in [0.15, 0.2) is 0 Å². The second-order valence-electron chi connectivity index (χ2n) is 7.55. The molecule has 1 aliphatic heterocycles. The number of carbonyl (C=O) groups excluding carboxylic acids is 1. The second kappa shape index (κ2) is 10.1. The molecule has 0 aliphatic carbocycles. The molecule has 1 saturated heterocycles. The molecule has 2 atom stereocenters. The van der Waals surface area contributed by atoms with Crippen molar-refractivity contribution in [3.8, 4) is 0 Å². The number of rotatable bonds is 3. The van der Waals surface area contributed by atoms with Crippen LogP contribution in [0.1, 0.15) is 39.4 Å². The number of amides is 1. The van der Waals surface area contributed by atoms with Gasteiger partial charge in [0, 0.05) is 31.1 Å². The molecule has 1 aliphatic rings. The van der Waals surface area contributed by atoms with Gasteiger partial charge in [-0.2, -0.15) is 26.3 Å². The zero-order valence-corrected chi connectivity index (χ0v) is 18.6. The summed E-state index contributed by atoms with van der Waals surface area (Å²) in [6.45, 7) is 0.838. The third-order valence-electron chi connectivity index (χ3n) is 5.47. The maximum atomic E-state index is 13.5. The van der Waals surface area contributed by atoms with E-state index in [1.165, 1.54) is 19.2 Å². The highest BCUT2D eigenvalue weighted by Gasteiger charge is 2.39. The van der Waals surface area contributed by atoms with Crippen molar-refractivity contribution in [2.24, 2.45) is 0 Å². The van der Waals surface area contributed by atoms with Crippen molar-refractivity contribution in [3.05, 3.63) is 69.5 Å². The van der Waals surface area contributed by atoms with Crippen LogP contribution in [0.2, 0.25) is 5.02 Å². The van der Waals surface area contributed by atoms with Crippen molar-refractivity contribution >= 4 is 29.9 Å². The zero-order valence-electron chi connectivity index (χ0n) is 17.0. The van der Waals surface area contributed by atoms with Crippen LogP contribution in [0.5, 0.6) is 0 Å². The van der Waals surface area contributed by atoms with Crippen molar-refractivity contribution in [1.29, 1.82) is 0 Å². The lowest BCUT2D eigenvalue weighted by molar-refractivity contribution is -0.143. The molecule has 1 amide bonds. The molecule has 12 heteroatoms. The lowest BCUT2D eigenvalue weighted by Gasteiger charge is -2.39. The van der Waals surface area contributed by atoms with Crippen molar-refractivity contribution in [3.63, 3.8) is 0 Å². The highest BCUT2D eigenvalue weighted by Crippen LogP contribution is 2.37. The molecule has 0 radical (unpaired) electrons. The summed E-state index contributed by atoms with van der Waals surface area (Å²) >= 11 is 5.85. The summed E-state index contributed by atoms with van der Waals surface area (Å²) in [6.07, 6.45) is -9.74. The monoisotopic (exact) mass is 518 g/mol. The largest absolute Gasteiger partial charge is 0.416 e. The summed E-state index contributed by atoms with van der Waals surface area (Å²) in [4.78, 5) is 14.1. The highest BCUT2D eigenvalue weighted by molar-refractivity contribution is 6.30. The number of alkyl halides is 6. The molecular formula is C21H19Cl2F7N2O. The molecule has 0 spiro atoms. The van der Waals surface area contributed by atoms with Gasteiger partial charge in [-0.05, 0) is 48.9 Å². The minimum absolute atomic E-state index is 0. The SMILES string of the molecule is CN(C(=O)c1cc(C(F)(F)F)cc(C(F)(F)F)c1)[C@@H]1CCNC[C@H]1c1ccc(F)c(Cl)c1.Cl. The fraction of sp³-hybridized carbons (Fsp3) is 0.381. The minimum atomic E-state index is -5.06. The average Bonchev–Trinajstić information content (AvgIpc) is 2.73. The molecule has 1 heterocycles. The van der Waals surface area contributed by atoms with E-state index >= 15 is 0 Å². The summed E-state index contributed by atoms with van der Waals surface area (Å²) < 4.78 is 92.5. The number of benzene rings is 2. The molecule has 0 aromatic heterocycles. The molecule has 0 bridgehead atoms. The zero-order chi connectivity index (χ0) is 23.8. The first kappa shape index (κ1) is 27.2. The molecular weight excluding hydrogens is 500 g/mol. The van der Waals surface area contributed by atoms with E-state index in [1.807, 2.05) is 0 Å². The van der Waals surface area contributed by atoms with Crippen LogP contribution in [0.4, 0.5) is 30.7 Å². The van der Waals surface area contributed by atoms with Gasteiger partial charge in [0.25, 0.3) is 5.91 Å². The summed E-state index contributed by atoms with van der Waals surface area (Å²) in [6, 6.07) is 4.28. The smallest absolute Gasteiger partial charge is 0.338 e. The Morgan fingerprint density at radius 1 is 1.03 bits per heavy atom. The van der Waals surface area contributed by atoms with E-state index in [0.717, 1.165) is 11.0 Å². The molecule has 182 valence electrons.